The summed E-state index contributed by atoms with van der Waals surface area (Å²) in [4.78, 5) is 36.8. The highest BCUT2D eigenvalue weighted by molar-refractivity contribution is 7.89. The first-order chi connectivity index (χ1) is 13.3. The van der Waals surface area contributed by atoms with Crippen LogP contribution in [-0.2, 0) is 21.4 Å². The second kappa shape index (κ2) is 7.91. The van der Waals surface area contributed by atoms with Crippen molar-refractivity contribution in [1.29, 1.82) is 0 Å². The Kier molecular flexibility index (Phi) is 5.57. The molecule has 1 heterocycles. The molecule has 1 aliphatic heterocycles. The van der Waals surface area contributed by atoms with Crippen LogP contribution >= 0.6 is 0 Å². The number of hydrogen-bond donors (Lipinski definition) is 2. The molecular weight excluding hydrogens is 382 g/mol. The van der Waals surface area contributed by atoms with Crippen molar-refractivity contribution < 1.29 is 22.8 Å². The van der Waals surface area contributed by atoms with E-state index in [2.05, 4.69) is 10.0 Å². The predicted octanol–water partition coefficient (Wildman–Crippen LogP) is 0.897. The number of amides is 3. The average Bonchev–Trinajstić information content (AvgIpc) is 2.96. The van der Waals surface area contributed by atoms with Gasteiger partial charge in [0.25, 0.3) is 11.8 Å². The number of nitrogens with one attached hydrogen (secondary N) is 2. The predicted molar refractivity (Wildman–Crippen MR) is 101 cm³/mol. The number of sulfonamides is 1. The Balaban J connectivity index is 1.58. The third kappa shape index (κ3) is 4.26. The highest BCUT2D eigenvalue weighted by Crippen LogP contribution is 2.20. The maximum Gasteiger partial charge on any atom is 0.258 e. The van der Waals surface area contributed by atoms with Crippen LogP contribution in [-0.4, -0.2) is 44.6 Å². The Hall–Kier alpha value is -3.04. The minimum Gasteiger partial charge on any atom is -0.341 e. The molecule has 9 heteroatoms. The molecule has 2 N–H and O–H groups in total. The number of carbonyl (C=O) groups is 3. The Morgan fingerprint density at radius 1 is 1.04 bits per heavy atom. The minimum absolute atomic E-state index is 0.00746. The number of carbonyl (C=O) groups excluding carboxylic acids is 3. The lowest BCUT2D eigenvalue weighted by Gasteiger charge is -2.17. The molecule has 2 aromatic carbocycles. The topological polar surface area (TPSA) is 113 Å². The second-order valence-electron chi connectivity index (χ2n) is 6.37. The summed E-state index contributed by atoms with van der Waals surface area (Å²) in [5.74, 6) is -1.38. The van der Waals surface area contributed by atoms with Crippen molar-refractivity contribution in [3.05, 3.63) is 65.2 Å². The molecule has 0 spiro atoms. The SMILES string of the molecule is CN(Cc1ccccc1)C(=O)CCNS(=O)(=O)c1ccc2c(c1)C(=O)NC2=O. The van der Waals surface area contributed by atoms with Crippen LogP contribution in [0.25, 0.3) is 0 Å². The minimum atomic E-state index is -3.92. The summed E-state index contributed by atoms with van der Waals surface area (Å²) in [7, 11) is -2.26. The van der Waals surface area contributed by atoms with Gasteiger partial charge in [-0.2, -0.15) is 0 Å². The fourth-order valence-corrected chi connectivity index (χ4v) is 3.88. The highest BCUT2D eigenvalue weighted by atomic mass is 32.2. The van der Waals surface area contributed by atoms with Gasteiger partial charge in [-0.05, 0) is 23.8 Å². The molecule has 28 heavy (non-hydrogen) atoms. The number of nitrogens with zero attached hydrogens (tertiary/aromatic N) is 1. The van der Waals surface area contributed by atoms with E-state index in [1.54, 1.807) is 7.05 Å². The molecule has 0 atom stereocenters. The van der Waals surface area contributed by atoms with Gasteiger partial charge in [-0.3, -0.25) is 19.7 Å². The number of rotatable bonds is 7. The smallest absolute Gasteiger partial charge is 0.258 e. The van der Waals surface area contributed by atoms with Gasteiger partial charge in [0.15, 0.2) is 0 Å². The zero-order chi connectivity index (χ0) is 20.3. The van der Waals surface area contributed by atoms with E-state index in [1.807, 2.05) is 30.3 Å². The maximum atomic E-state index is 12.4. The molecule has 2 aromatic rings. The average molecular weight is 401 g/mol. The molecule has 0 unspecified atom stereocenters. The van der Waals surface area contributed by atoms with Crippen molar-refractivity contribution in [2.45, 2.75) is 17.9 Å². The summed E-state index contributed by atoms with van der Waals surface area (Å²) in [6, 6.07) is 13.2. The summed E-state index contributed by atoms with van der Waals surface area (Å²) in [6.07, 6.45) is -0.00746. The van der Waals surface area contributed by atoms with Gasteiger partial charge >= 0.3 is 0 Å². The molecule has 1 aliphatic rings. The lowest BCUT2D eigenvalue weighted by molar-refractivity contribution is -0.130. The zero-order valence-electron chi connectivity index (χ0n) is 15.1. The van der Waals surface area contributed by atoms with Crippen LogP contribution in [0, 0.1) is 0 Å². The summed E-state index contributed by atoms with van der Waals surface area (Å²) in [5.41, 5.74) is 1.14. The van der Waals surface area contributed by atoms with E-state index < -0.39 is 21.8 Å². The molecule has 0 aromatic heterocycles. The lowest BCUT2D eigenvalue weighted by atomic mass is 10.1. The molecular formula is C19H19N3O5S. The van der Waals surface area contributed by atoms with Gasteiger partial charge in [0.2, 0.25) is 15.9 Å². The van der Waals surface area contributed by atoms with Crippen molar-refractivity contribution >= 4 is 27.7 Å². The molecule has 3 rings (SSSR count). The summed E-state index contributed by atoms with van der Waals surface area (Å²) in [5, 5.41) is 2.11. The van der Waals surface area contributed by atoms with Crippen LogP contribution in [0.2, 0.25) is 0 Å². The van der Waals surface area contributed by atoms with Crippen molar-refractivity contribution in [1.82, 2.24) is 14.9 Å². The van der Waals surface area contributed by atoms with Crippen LogP contribution in [0.5, 0.6) is 0 Å². The molecule has 0 radical (unpaired) electrons. The first-order valence-corrected chi connectivity index (χ1v) is 10.0. The summed E-state index contributed by atoms with van der Waals surface area (Å²) >= 11 is 0. The van der Waals surface area contributed by atoms with E-state index >= 15 is 0 Å². The molecule has 3 amide bonds. The summed E-state index contributed by atoms with van der Waals surface area (Å²) in [6.45, 7) is 0.350. The van der Waals surface area contributed by atoms with Gasteiger partial charge < -0.3 is 4.90 Å². The lowest BCUT2D eigenvalue weighted by Crippen LogP contribution is -2.32. The number of benzene rings is 2. The number of hydrogen-bond acceptors (Lipinski definition) is 5. The quantitative estimate of drug-likeness (QED) is 0.670. The van der Waals surface area contributed by atoms with E-state index in [-0.39, 0.29) is 34.9 Å². The van der Waals surface area contributed by atoms with E-state index in [1.165, 1.54) is 17.0 Å². The van der Waals surface area contributed by atoms with E-state index in [4.69, 9.17) is 0 Å². The standard InChI is InChI=1S/C19H19N3O5S/c1-22(12-13-5-3-2-4-6-13)17(23)9-10-20-28(26,27)14-7-8-15-16(11-14)19(25)21-18(15)24/h2-8,11,20H,9-10,12H2,1H3,(H,21,24,25). The Bertz CT molecular complexity index is 1030. The zero-order valence-corrected chi connectivity index (χ0v) is 16.0. The van der Waals surface area contributed by atoms with Crippen molar-refractivity contribution in [2.24, 2.45) is 0 Å². The van der Waals surface area contributed by atoms with E-state index in [0.717, 1.165) is 11.6 Å². The normalized spacial score (nSPS) is 13.2. The maximum absolute atomic E-state index is 12.4. The monoisotopic (exact) mass is 401 g/mol. The van der Waals surface area contributed by atoms with Gasteiger partial charge in [0.05, 0.1) is 16.0 Å². The molecule has 8 nitrogen and oxygen atoms in total. The molecule has 0 fully saturated rings. The Labute approximate surface area is 162 Å². The van der Waals surface area contributed by atoms with Crippen molar-refractivity contribution in [3.8, 4) is 0 Å². The van der Waals surface area contributed by atoms with Crippen LogP contribution in [0.15, 0.2) is 53.4 Å². The van der Waals surface area contributed by atoms with Crippen LogP contribution in [0.3, 0.4) is 0 Å². The van der Waals surface area contributed by atoms with Gasteiger partial charge in [0.1, 0.15) is 0 Å². The van der Waals surface area contributed by atoms with Gasteiger partial charge in [0, 0.05) is 26.6 Å². The fraction of sp³-hybridized carbons (Fsp3) is 0.211. The number of imide groups is 1. The Morgan fingerprint density at radius 2 is 1.71 bits per heavy atom. The van der Waals surface area contributed by atoms with Crippen LogP contribution in [0.4, 0.5) is 0 Å². The van der Waals surface area contributed by atoms with Crippen molar-refractivity contribution in [2.75, 3.05) is 13.6 Å². The molecule has 0 aliphatic carbocycles. The summed E-state index contributed by atoms with van der Waals surface area (Å²) < 4.78 is 27.2. The third-order valence-electron chi connectivity index (χ3n) is 4.34. The van der Waals surface area contributed by atoms with Gasteiger partial charge in [-0.1, -0.05) is 30.3 Å². The molecule has 146 valence electrons. The number of fused-ring (bicyclic) bond motifs is 1. The van der Waals surface area contributed by atoms with E-state index in [0.29, 0.717) is 6.54 Å². The third-order valence-corrected chi connectivity index (χ3v) is 5.80. The first-order valence-electron chi connectivity index (χ1n) is 8.55. The van der Waals surface area contributed by atoms with Gasteiger partial charge in [-0.25, -0.2) is 13.1 Å². The molecule has 0 saturated heterocycles. The second-order valence-corrected chi connectivity index (χ2v) is 8.14. The van der Waals surface area contributed by atoms with Crippen LogP contribution in [0.1, 0.15) is 32.7 Å². The Morgan fingerprint density at radius 3 is 2.43 bits per heavy atom. The van der Waals surface area contributed by atoms with Crippen LogP contribution < -0.4 is 10.0 Å². The van der Waals surface area contributed by atoms with Crippen molar-refractivity contribution in [3.63, 3.8) is 0 Å². The fourth-order valence-electron chi connectivity index (χ4n) is 2.83. The van der Waals surface area contributed by atoms with Gasteiger partial charge in [-0.15, -0.1) is 0 Å². The van der Waals surface area contributed by atoms with E-state index in [9.17, 15) is 22.8 Å². The largest absolute Gasteiger partial charge is 0.341 e. The molecule has 0 saturated carbocycles. The first kappa shape index (κ1) is 19.7. The highest BCUT2D eigenvalue weighted by Gasteiger charge is 2.28. The molecule has 0 bridgehead atoms.